The van der Waals surface area contributed by atoms with Crippen LogP contribution in [0.1, 0.15) is 5.89 Å². The molecule has 0 N–H and O–H groups in total. The van der Waals surface area contributed by atoms with E-state index in [0.717, 1.165) is 14.5 Å². The molecule has 0 aliphatic heterocycles. The van der Waals surface area contributed by atoms with Crippen LogP contribution in [-0.2, 0) is 6.54 Å². The molecule has 0 bridgehead atoms. The molecule has 0 fully saturated rings. The van der Waals surface area contributed by atoms with Crippen LogP contribution >= 0.6 is 31.9 Å². The van der Waals surface area contributed by atoms with E-state index in [2.05, 4.69) is 47.0 Å². The molecule has 0 saturated carbocycles. The summed E-state index contributed by atoms with van der Waals surface area (Å²) in [7, 11) is 0. The zero-order chi connectivity index (χ0) is 17.4. The van der Waals surface area contributed by atoms with E-state index in [1.807, 2.05) is 30.3 Å². The predicted molar refractivity (Wildman–Crippen MR) is 100 cm³/mol. The van der Waals surface area contributed by atoms with Gasteiger partial charge < -0.3 is 4.42 Å². The average molecular weight is 462 g/mol. The van der Waals surface area contributed by atoms with Crippen molar-refractivity contribution >= 4 is 42.8 Å². The zero-order valence-corrected chi connectivity index (χ0v) is 15.9. The second-order valence-electron chi connectivity index (χ2n) is 5.35. The molecular formula is C17H10Br2N4O2. The minimum absolute atomic E-state index is 0.158. The Bertz CT molecular complexity index is 1120. The van der Waals surface area contributed by atoms with E-state index in [1.54, 1.807) is 12.1 Å². The highest BCUT2D eigenvalue weighted by atomic mass is 79.9. The zero-order valence-electron chi connectivity index (χ0n) is 12.7. The van der Waals surface area contributed by atoms with Crippen LogP contribution in [0.3, 0.4) is 0 Å². The Morgan fingerprint density at radius 3 is 2.56 bits per heavy atom. The van der Waals surface area contributed by atoms with Gasteiger partial charge in [-0.15, -0.1) is 10.2 Å². The molecule has 6 nitrogen and oxygen atoms in total. The fourth-order valence-corrected chi connectivity index (χ4v) is 3.04. The van der Waals surface area contributed by atoms with Crippen molar-refractivity contribution in [3.8, 4) is 11.5 Å². The summed E-state index contributed by atoms with van der Waals surface area (Å²) in [6.07, 6.45) is 1.49. The van der Waals surface area contributed by atoms with Crippen molar-refractivity contribution in [1.29, 1.82) is 0 Å². The molecule has 2 heterocycles. The molecule has 25 heavy (non-hydrogen) atoms. The van der Waals surface area contributed by atoms with Crippen molar-refractivity contribution < 1.29 is 4.42 Å². The first-order chi connectivity index (χ1) is 12.1. The number of fused-ring (bicyclic) bond motifs is 1. The largest absolute Gasteiger partial charge is 0.419 e. The second kappa shape index (κ2) is 6.53. The molecule has 8 heteroatoms. The summed E-state index contributed by atoms with van der Waals surface area (Å²) < 4.78 is 8.92. The van der Waals surface area contributed by atoms with Gasteiger partial charge in [-0.1, -0.05) is 31.9 Å². The Labute approximate surface area is 158 Å². The van der Waals surface area contributed by atoms with Gasteiger partial charge in [0.2, 0.25) is 11.8 Å². The molecule has 124 valence electrons. The maximum absolute atomic E-state index is 12.6. The minimum Gasteiger partial charge on any atom is -0.419 e. The van der Waals surface area contributed by atoms with E-state index in [9.17, 15) is 4.79 Å². The first-order valence-electron chi connectivity index (χ1n) is 7.33. The smallest absolute Gasteiger partial charge is 0.261 e. The van der Waals surface area contributed by atoms with E-state index in [-0.39, 0.29) is 12.1 Å². The normalized spacial score (nSPS) is 11.1. The summed E-state index contributed by atoms with van der Waals surface area (Å²) in [5.74, 6) is 0.753. The van der Waals surface area contributed by atoms with Crippen LogP contribution in [0.15, 0.2) is 66.9 Å². The van der Waals surface area contributed by atoms with Gasteiger partial charge in [0.1, 0.15) is 6.54 Å². The Kier molecular flexibility index (Phi) is 4.22. The standard InChI is InChI=1S/C17H10Br2N4O2/c18-11-3-1-10(2-4-11)16-22-21-15(25-16)8-23-9-20-14-6-5-12(19)7-13(14)17(23)24/h1-7,9H,8H2. The van der Waals surface area contributed by atoms with Crippen LogP contribution in [0.2, 0.25) is 0 Å². The van der Waals surface area contributed by atoms with Gasteiger partial charge >= 0.3 is 0 Å². The van der Waals surface area contributed by atoms with Crippen molar-refractivity contribution in [3.05, 3.63) is 74.0 Å². The van der Waals surface area contributed by atoms with Crippen molar-refractivity contribution in [2.75, 3.05) is 0 Å². The quantitative estimate of drug-likeness (QED) is 0.460. The van der Waals surface area contributed by atoms with Crippen LogP contribution in [-0.4, -0.2) is 19.7 Å². The molecule has 0 aliphatic rings. The van der Waals surface area contributed by atoms with Crippen molar-refractivity contribution in [2.24, 2.45) is 0 Å². The van der Waals surface area contributed by atoms with Crippen LogP contribution < -0.4 is 5.56 Å². The summed E-state index contributed by atoms with van der Waals surface area (Å²) in [6.45, 7) is 0.164. The number of hydrogen-bond donors (Lipinski definition) is 0. The monoisotopic (exact) mass is 460 g/mol. The van der Waals surface area contributed by atoms with E-state index in [4.69, 9.17) is 4.42 Å². The van der Waals surface area contributed by atoms with Gasteiger partial charge in [-0.05, 0) is 42.5 Å². The minimum atomic E-state index is -0.158. The summed E-state index contributed by atoms with van der Waals surface area (Å²) in [5.41, 5.74) is 1.30. The molecule has 4 rings (SSSR count). The molecule has 2 aromatic carbocycles. The maximum atomic E-state index is 12.6. The fraction of sp³-hybridized carbons (Fsp3) is 0.0588. The highest BCUT2D eigenvalue weighted by Crippen LogP contribution is 2.21. The van der Waals surface area contributed by atoms with Gasteiger partial charge in [-0.25, -0.2) is 4.98 Å². The lowest BCUT2D eigenvalue weighted by Gasteiger charge is -2.04. The van der Waals surface area contributed by atoms with Crippen molar-refractivity contribution in [1.82, 2.24) is 19.7 Å². The van der Waals surface area contributed by atoms with Gasteiger partial charge in [0, 0.05) is 14.5 Å². The Morgan fingerprint density at radius 1 is 1.00 bits per heavy atom. The number of halogens is 2. The Hall–Kier alpha value is -2.32. The third-order valence-electron chi connectivity index (χ3n) is 3.65. The number of nitrogens with zero attached hydrogens (tertiary/aromatic N) is 4. The second-order valence-corrected chi connectivity index (χ2v) is 7.18. The van der Waals surface area contributed by atoms with Gasteiger partial charge in [0.05, 0.1) is 17.2 Å². The number of aromatic nitrogens is 4. The summed E-state index contributed by atoms with van der Waals surface area (Å²) in [6, 6.07) is 12.9. The van der Waals surface area contributed by atoms with Gasteiger partial charge in [-0.3, -0.25) is 9.36 Å². The fourth-order valence-electron chi connectivity index (χ4n) is 2.42. The molecule has 0 radical (unpaired) electrons. The SMILES string of the molecule is O=c1c2cc(Br)ccc2ncn1Cc1nnc(-c2ccc(Br)cc2)o1. The van der Waals surface area contributed by atoms with E-state index >= 15 is 0 Å². The highest BCUT2D eigenvalue weighted by Gasteiger charge is 2.11. The predicted octanol–water partition coefficient (Wildman–Crippen LogP) is 4.02. The molecule has 2 aromatic heterocycles. The Morgan fingerprint density at radius 2 is 1.76 bits per heavy atom. The third kappa shape index (κ3) is 3.27. The molecule has 0 amide bonds. The van der Waals surface area contributed by atoms with Gasteiger partial charge in [-0.2, -0.15) is 0 Å². The first kappa shape index (κ1) is 16.2. The summed E-state index contributed by atoms with van der Waals surface area (Å²) in [4.78, 5) is 16.9. The first-order valence-corrected chi connectivity index (χ1v) is 8.92. The summed E-state index contributed by atoms with van der Waals surface area (Å²) >= 11 is 6.76. The van der Waals surface area contributed by atoms with Crippen LogP contribution in [0.4, 0.5) is 0 Å². The van der Waals surface area contributed by atoms with Crippen molar-refractivity contribution in [2.45, 2.75) is 6.54 Å². The summed E-state index contributed by atoms with van der Waals surface area (Å²) in [5, 5.41) is 8.60. The van der Waals surface area contributed by atoms with Crippen LogP contribution in [0, 0.1) is 0 Å². The van der Waals surface area contributed by atoms with Crippen molar-refractivity contribution in [3.63, 3.8) is 0 Å². The van der Waals surface area contributed by atoms with E-state index < -0.39 is 0 Å². The topological polar surface area (TPSA) is 73.8 Å². The molecule has 0 saturated heterocycles. The average Bonchev–Trinajstić information content (AvgIpc) is 3.07. The molecule has 4 aromatic rings. The molecule has 0 aliphatic carbocycles. The lowest BCUT2D eigenvalue weighted by molar-refractivity contribution is 0.483. The number of rotatable bonds is 3. The van der Waals surface area contributed by atoms with Gasteiger partial charge in [0.15, 0.2) is 0 Å². The molecular weight excluding hydrogens is 452 g/mol. The highest BCUT2D eigenvalue weighted by molar-refractivity contribution is 9.10. The molecule has 0 unspecified atom stereocenters. The molecule has 0 spiro atoms. The molecule has 0 atom stereocenters. The Balaban J connectivity index is 1.67. The van der Waals surface area contributed by atoms with E-state index in [0.29, 0.717) is 22.7 Å². The third-order valence-corrected chi connectivity index (χ3v) is 4.67. The number of benzene rings is 2. The maximum Gasteiger partial charge on any atom is 0.261 e. The van der Waals surface area contributed by atoms with Gasteiger partial charge in [0.25, 0.3) is 5.56 Å². The lowest BCUT2D eigenvalue weighted by Crippen LogP contribution is -2.21. The van der Waals surface area contributed by atoms with Crippen LogP contribution in [0.5, 0.6) is 0 Å². The van der Waals surface area contributed by atoms with Crippen LogP contribution in [0.25, 0.3) is 22.4 Å². The van der Waals surface area contributed by atoms with E-state index in [1.165, 1.54) is 10.9 Å². The number of hydrogen-bond acceptors (Lipinski definition) is 5. The lowest BCUT2D eigenvalue weighted by atomic mass is 10.2.